The molecule has 0 aromatic heterocycles. The minimum Gasteiger partial charge on any atom is -0.327 e. The van der Waals surface area contributed by atoms with E-state index in [0.29, 0.717) is 6.04 Å². The molecule has 3 atom stereocenters. The van der Waals surface area contributed by atoms with Crippen LogP contribution in [0.25, 0.3) is 0 Å². The molecule has 1 heterocycles. The van der Waals surface area contributed by atoms with Crippen LogP contribution in [0, 0.1) is 11.8 Å². The highest BCUT2D eigenvalue weighted by atomic mass is 31.0. The maximum atomic E-state index is 5.70. The van der Waals surface area contributed by atoms with E-state index in [1.54, 1.807) is 0 Å². The average Bonchev–Trinajstić information content (AvgIpc) is 2.29. The summed E-state index contributed by atoms with van der Waals surface area (Å²) in [5, 5.41) is 0. The Morgan fingerprint density at radius 1 is 1.38 bits per heavy atom. The first-order chi connectivity index (χ1) is 3.79. The molecule has 46 valence electrons. The number of hydrogen-bond acceptors (Lipinski definition) is 2. The number of nitrogens with zero attached hydrogens (tertiary/aromatic N) is 1. The van der Waals surface area contributed by atoms with E-state index in [-0.39, 0.29) is 0 Å². The maximum absolute atomic E-state index is 5.70. The Morgan fingerprint density at radius 2 is 1.88 bits per heavy atom. The van der Waals surface area contributed by atoms with Crippen molar-refractivity contribution in [2.24, 2.45) is 17.6 Å². The smallest absolute Gasteiger partial charge is 0.0128 e. The van der Waals surface area contributed by atoms with E-state index in [4.69, 9.17) is 5.73 Å². The van der Waals surface area contributed by atoms with Crippen LogP contribution in [-0.2, 0) is 0 Å². The Bertz CT molecular complexity index is 105. The summed E-state index contributed by atoms with van der Waals surface area (Å²) >= 11 is 0. The summed E-state index contributed by atoms with van der Waals surface area (Å²) in [6.45, 7) is 2.41. The van der Waals surface area contributed by atoms with Crippen molar-refractivity contribution in [1.29, 1.82) is 0 Å². The topological polar surface area (TPSA) is 29.3 Å². The van der Waals surface area contributed by atoms with Crippen LogP contribution < -0.4 is 5.73 Å². The van der Waals surface area contributed by atoms with Gasteiger partial charge in [-0.15, -0.1) is 0 Å². The van der Waals surface area contributed by atoms with E-state index in [0.717, 1.165) is 11.8 Å². The Morgan fingerprint density at radius 3 is 2.25 bits per heavy atom. The predicted molar refractivity (Wildman–Crippen MR) is 36.2 cm³/mol. The van der Waals surface area contributed by atoms with Gasteiger partial charge in [-0.25, -0.2) is 0 Å². The van der Waals surface area contributed by atoms with Gasteiger partial charge in [-0.05, 0) is 11.8 Å². The third-order valence-electron chi connectivity index (χ3n) is 2.29. The van der Waals surface area contributed by atoms with Crippen LogP contribution in [-0.4, -0.2) is 23.8 Å². The molecule has 2 nitrogen and oxygen atoms in total. The molecule has 0 aromatic rings. The van der Waals surface area contributed by atoms with Gasteiger partial charge in [0.1, 0.15) is 0 Å². The highest BCUT2D eigenvalue weighted by Crippen LogP contribution is 2.44. The standard InChI is InChI=1S/C5H11N2P/c6-5-3-1-7(8)2-4(3)5/h3-5H,1-2,6,8H2. The van der Waals surface area contributed by atoms with Crippen LogP contribution in [0.3, 0.4) is 0 Å². The molecule has 1 saturated carbocycles. The van der Waals surface area contributed by atoms with Crippen molar-refractivity contribution >= 4 is 9.39 Å². The molecular weight excluding hydrogens is 119 g/mol. The Hall–Kier alpha value is 0.350. The van der Waals surface area contributed by atoms with Crippen molar-refractivity contribution in [2.75, 3.05) is 13.1 Å². The van der Waals surface area contributed by atoms with Gasteiger partial charge in [0.25, 0.3) is 0 Å². The third kappa shape index (κ3) is 0.540. The molecular formula is C5H11N2P. The Labute approximate surface area is 51.7 Å². The van der Waals surface area contributed by atoms with Crippen LogP contribution in [0.15, 0.2) is 0 Å². The summed E-state index contributed by atoms with van der Waals surface area (Å²) in [6, 6.07) is 0.548. The van der Waals surface area contributed by atoms with Gasteiger partial charge < -0.3 is 5.73 Å². The van der Waals surface area contributed by atoms with Crippen LogP contribution in [0.2, 0.25) is 0 Å². The zero-order valence-corrected chi connectivity index (χ0v) is 5.90. The molecule has 8 heavy (non-hydrogen) atoms. The van der Waals surface area contributed by atoms with Gasteiger partial charge in [0, 0.05) is 19.1 Å². The average molecular weight is 130 g/mol. The lowest BCUT2D eigenvalue weighted by Crippen LogP contribution is -2.19. The molecule has 2 N–H and O–H groups in total. The zero-order chi connectivity index (χ0) is 5.72. The quantitative estimate of drug-likeness (QED) is 0.455. The minimum absolute atomic E-state index is 0.548. The molecule has 2 fully saturated rings. The molecule has 0 aromatic carbocycles. The van der Waals surface area contributed by atoms with Gasteiger partial charge in [0.05, 0.1) is 0 Å². The summed E-state index contributed by atoms with van der Waals surface area (Å²) in [5.74, 6) is 1.68. The second-order valence-corrected chi connectivity index (χ2v) is 3.59. The molecule has 2 rings (SSSR count). The monoisotopic (exact) mass is 130 g/mol. The van der Waals surface area contributed by atoms with Crippen molar-refractivity contribution in [3.63, 3.8) is 0 Å². The van der Waals surface area contributed by atoms with Crippen molar-refractivity contribution in [3.8, 4) is 0 Å². The van der Waals surface area contributed by atoms with E-state index < -0.39 is 0 Å². The van der Waals surface area contributed by atoms with E-state index in [9.17, 15) is 0 Å². The van der Waals surface area contributed by atoms with Gasteiger partial charge >= 0.3 is 0 Å². The van der Waals surface area contributed by atoms with Crippen molar-refractivity contribution in [3.05, 3.63) is 0 Å². The van der Waals surface area contributed by atoms with Gasteiger partial charge in [0.15, 0.2) is 0 Å². The second-order valence-electron chi connectivity index (χ2n) is 2.86. The molecule has 0 spiro atoms. The number of fused-ring (bicyclic) bond motifs is 1. The van der Waals surface area contributed by atoms with E-state index in [1.807, 2.05) is 0 Å². The Kier molecular flexibility index (Phi) is 0.928. The molecule has 3 unspecified atom stereocenters. The molecule has 1 aliphatic carbocycles. The number of rotatable bonds is 0. The molecule has 2 aliphatic rings. The van der Waals surface area contributed by atoms with Crippen LogP contribution >= 0.6 is 9.39 Å². The van der Waals surface area contributed by atoms with E-state index >= 15 is 0 Å². The van der Waals surface area contributed by atoms with E-state index in [1.165, 1.54) is 13.1 Å². The van der Waals surface area contributed by atoms with E-state index in [2.05, 4.69) is 14.1 Å². The first-order valence-corrected chi connectivity index (χ1v) is 3.56. The van der Waals surface area contributed by atoms with Crippen molar-refractivity contribution in [1.82, 2.24) is 4.67 Å². The summed E-state index contributed by atoms with van der Waals surface area (Å²) in [4.78, 5) is 0. The lowest BCUT2D eigenvalue weighted by molar-refractivity contribution is 0.496. The minimum atomic E-state index is 0.548. The normalized spacial score (nSPS) is 54.0. The second kappa shape index (κ2) is 1.44. The SMILES string of the molecule is NC1C2CN(P)CC12. The fourth-order valence-electron chi connectivity index (χ4n) is 1.60. The van der Waals surface area contributed by atoms with Crippen LogP contribution in [0.4, 0.5) is 0 Å². The van der Waals surface area contributed by atoms with Crippen molar-refractivity contribution < 1.29 is 0 Å². The molecule has 1 aliphatic heterocycles. The largest absolute Gasteiger partial charge is 0.327 e. The fraction of sp³-hybridized carbons (Fsp3) is 1.00. The number of nitrogens with two attached hydrogens (primary N) is 1. The van der Waals surface area contributed by atoms with Crippen molar-refractivity contribution in [2.45, 2.75) is 6.04 Å². The lowest BCUT2D eigenvalue weighted by atomic mass is 10.4. The molecule has 0 bridgehead atoms. The van der Waals surface area contributed by atoms with Crippen LogP contribution in [0.5, 0.6) is 0 Å². The maximum Gasteiger partial charge on any atom is 0.0128 e. The molecule has 1 saturated heterocycles. The first-order valence-electron chi connectivity index (χ1n) is 3.04. The molecule has 0 amide bonds. The Balaban J connectivity index is 2.00. The van der Waals surface area contributed by atoms with Gasteiger partial charge in [-0.2, -0.15) is 0 Å². The summed E-state index contributed by atoms with van der Waals surface area (Å²) in [6.07, 6.45) is 0. The van der Waals surface area contributed by atoms with Gasteiger partial charge in [0.2, 0.25) is 0 Å². The van der Waals surface area contributed by atoms with Crippen LogP contribution in [0.1, 0.15) is 0 Å². The first kappa shape index (κ1) is 5.16. The summed E-state index contributed by atoms with van der Waals surface area (Å²) in [7, 11) is 2.72. The fourth-order valence-corrected chi connectivity index (χ4v) is 2.09. The molecule has 0 radical (unpaired) electrons. The highest BCUT2D eigenvalue weighted by Gasteiger charge is 2.52. The van der Waals surface area contributed by atoms with Gasteiger partial charge in [-0.3, -0.25) is 4.67 Å². The predicted octanol–water partition coefficient (Wildman–Crippen LogP) is -0.335. The lowest BCUT2D eigenvalue weighted by Gasteiger charge is -2.09. The van der Waals surface area contributed by atoms with Gasteiger partial charge in [-0.1, -0.05) is 9.39 Å². The highest BCUT2D eigenvalue weighted by molar-refractivity contribution is 7.13. The summed E-state index contributed by atoms with van der Waals surface area (Å²) in [5.41, 5.74) is 5.70. The number of piperidine rings is 1. The number of hydrogen-bond donors (Lipinski definition) is 1. The molecule has 3 heteroatoms. The zero-order valence-electron chi connectivity index (χ0n) is 4.75. The third-order valence-corrected chi connectivity index (χ3v) is 2.71. The summed E-state index contributed by atoms with van der Waals surface area (Å²) < 4.78 is 2.28.